The highest BCUT2D eigenvalue weighted by Crippen LogP contribution is 2.37. The second kappa shape index (κ2) is 5.98. The molecule has 0 fully saturated rings. The van der Waals surface area contributed by atoms with Crippen molar-refractivity contribution < 1.29 is 19.0 Å². The summed E-state index contributed by atoms with van der Waals surface area (Å²) in [5, 5.41) is 12.0. The molecule has 0 aliphatic rings. The van der Waals surface area contributed by atoms with Crippen LogP contribution in [0.1, 0.15) is 0 Å². The van der Waals surface area contributed by atoms with Crippen LogP contribution in [0.4, 0.5) is 0 Å². The number of ether oxygens (including phenoxy) is 2. The maximum Gasteiger partial charge on any atom is 0.219 e. The maximum absolute atomic E-state index is 10.4. The van der Waals surface area contributed by atoms with Crippen LogP contribution in [-0.4, -0.2) is 19.3 Å². The zero-order valence-electron chi connectivity index (χ0n) is 14.1. The molecule has 0 saturated heterocycles. The van der Waals surface area contributed by atoms with Crippen LogP contribution in [0.25, 0.3) is 27.4 Å². The fraction of sp³-hybridized carbons (Fsp3) is 0.0952. The van der Waals surface area contributed by atoms with E-state index < -0.39 is 0 Å². The van der Waals surface area contributed by atoms with Gasteiger partial charge in [-0.05, 0) is 23.3 Å². The Morgan fingerprint density at radius 3 is 2.16 bits per heavy atom. The van der Waals surface area contributed by atoms with Crippen LogP contribution in [0, 0.1) is 0 Å². The molecule has 25 heavy (non-hydrogen) atoms. The Hall–Kier alpha value is -3.27. The van der Waals surface area contributed by atoms with Crippen LogP contribution < -0.4 is 13.9 Å². The van der Waals surface area contributed by atoms with Gasteiger partial charge >= 0.3 is 0 Å². The molecule has 0 aliphatic carbocycles. The van der Waals surface area contributed by atoms with E-state index in [0.29, 0.717) is 11.5 Å². The number of nitrogens with zero attached hydrogens (tertiary/aromatic N) is 1. The Bertz CT molecular complexity index is 1070. The zero-order valence-corrected chi connectivity index (χ0v) is 14.1. The molecule has 2 heterocycles. The van der Waals surface area contributed by atoms with Crippen molar-refractivity contribution in [1.29, 1.82) is 0 Å². The minimum atomic E-state index is 0.195. The van der Waals surface area contributed by atoms with Gasteiger partial charge in [-0.25, -0.2) is 0 Å². The molecule has 4 rings (SSSR count). The molecule has 4 aromatic rings. The predicted molar refractivity (Wildman–Crippen MR) is 97.3 cm³/mol. The lowest BCUT2D eigenvalue weighted by Crippen LogP contribution is -2.20. The first-order chi connectivity index (χ1) is 12.2. The van der Waals surface area contributed by atoms with Crippen LogP contribution >= 0.6 is 0 Å². The minimum absolute atomic E-state index is 0.195. The van der Waals surface area contributed by atoms with Crippen LogP contribution in [0.3, 0.4) is 0 Å². The normalized spacial score (nSPS) is 11.0. The average molecular weight is 332 g/mol. The fourth-order valence-electron chi connectivity index (χ4n) is 3.15. The second-order valence-corrected chi connectivity index (χ2v) is 5.84. The topological polar surface area (TPSA) is 42.8 Å². The van der Waals surface area contributed by atoms with Crippen LogP contribution in [-0.2, 0) is 0 Å². The highest BCUT2D eigenvalue weighted by Gasteiger charge is 2.17. The molecule has 0 saturated carbocycles. The van der Waals surface area contributed by atoms with Crippen molar-refractivity contribution in [2.75, 3.05) is 14.2 Å². The van der Waals surface area contributed by atoms with Crippen molar-refractivity contribution in [3.05, 3.63) is 67.0 Å². The first-order valence-electron chi connectivity index (χ1n) is 7.99. The maximum atomic E-state index is 10.4. The average Bonchev–Trinajstić information content (AvgIpc) is 2.67. The van der Waals surface area contributed by atoms with Crippen molar-refractivity contribution >= 4 is 16.3 Å². The molecule has 0 bridgehead atoms. The molecule has 124 valence electrons. The second-order valence-electron chi connectivity index (χ2n) is 5.84. The van der Waals surface area contributed by atoms with E-state index in [9.17, 15) is 5.11 Å². The molecule has 4 heteroatoms. The van der Waals surface area contributed by atoms with Gasteiger partial charge in [-0.15, -0.1) is 0 Å². The summed E-state index contributed by atoms with van der Waals surface area (Å²) >= 11 is 0. The number of rotatable bonds is 3. The van der Waals surface area contributed by atoms with Crippen LogP contribution in [0.2, 0.25) is 0 Å². The van der Waals surface area contributed by atoms with E-state index in [-0.39, 0.29) is 5.75 Å². The molecular formula is C21H18NO3+. The number of benzene rings is 2. The molecule has 0 amide bonds. The van der Waals surface area contributed by atoms with Gasteiger partial charge in [0.25, 0.3) is 0 Å². The lowest BCUT2D eigenvalue weighted by atomic mass is 10.0. The standard InChI is InChI=1S/C21H17NO3/c1-24-20-11-16-17(12-21(20)25-2)19(23)13-22-9-8-15(10-18(16)22)14-6-4-3-5-7-14/h3-13H,1-2H3/p+1. The summed E-state index contributed by atoms with van der Waals surface area (Å²) in [6, 6.07) is 18.1. The third-order valence-corrected chi connectivity index (χ3v) is 4.43. The van der Waals surface area contributed by atoms with Crippen molar-refractivity contribution in [3.63, 3.8) is 0 Å². The highest BCUT2D eigenvalue weighted by molar-refractivity contribution is 6.00. The summed E-state index contributed by atoms with van der Waals surface area (Å²) in [7, 11) is 3.20. The number of hydrogen-bond acceptors (Lipinski definition) is 3. The molecule has 0 atom stereocenters. The number of pyridine rings is 2. The SMILES string of the molecule is COc1cc2c(O)c[n+]3ccc(-c4ccccc4)cc3c2cc1OC. The van der Waals surface area contributed by atoms with Gasteiger partial charge in [0.05, 0.1) is 19.6 Å². The minimum Gasteiger partial charge on any atom is -0.502 e. The molecule has 0 spiro atoms. The molecule has 2 aromatic carbocycles. The summed E-state index contributed by atoms with van der Waals surface area (Å²) in [6.45, 7) is 0. The summed E-state index contributed by atoms with van der Waals surface area (Å²) in [4.78, 5) is 0. The monoisotopic (exact) mass is 332 g/mol. The quantitative estimate of drug-likeness (QED) is 0.456. The number of aromatic hydroxyl groups is 1. The Balaban J connectivity index is 2.06. The number of fused-ring (bicyclic) bond motifs is 3. The van der Waals surface area contributed by atoms with Gasteiger partial charge < -0.3 is 14.6 Å². The molecule has 0 radical (unpaired) electrons. The van der Waals surface area contributed by atoms with Gasteiger partial charge in [0.2, 0.25) is 11.7 Å². The molecule has 1 N–H and O–H groups in total. The van der Waals surface area contributed by atoms with E-state index in [4.69, 9.17) is 9.47 Å². The molecule has 2 aromatic heterocycles. The molecule has 0 aliphatic heterocycles. The van der Waals surface area contributed by atoms with Crippen LogP contribution in [0.5, 0.6) is 17.2 Å². The Labute approximate surface area is 145 Å². The Morgan fingerprint density at radius 1 is 0.800 bits per heavy atom. The Morgan fingerprint density at radius 2 is 1.48 bits per heavy atom. The van der Waals surface area contributed by atoms with Crippen molar-refractivity contribution in [2.24, 2.45) is 0 Å². The van der Waals surface area contributed by atoms with E-state index in [0.717, 1.165) is 27.4 Å². The van der Waals surface area contributed by atoms with Crippen molar-refractivity contribution in [1.82, 2.24) is 0 Å². The number of methoxy groups -OCH3 is 2. The largest absolute Gasteiger partial charge is 0.502 e. The zero-order chi connectivity index (χ0) is 17.4. The van der Waals surface area contributed by atoms with Gasteiger partial charge in [0.1, 0.15) is 0 Å². The highest BCUT2D eigenvalue weighted by atomic mass is 16.5. The lowest BCUT2D eigenvalue weighted by molar-refractivity contribution is -0.511. The van der Waals surface area contributed by atoms with Gasteiger partial charge in [0, 0.05) is 17.5 Å². The fourth-order valence-corrected chi connectivity index (χ4v) is 3.15. The first kappa shape index (κ1) is 15.3. The first-order valence-corrected chi connectivity index (χ1v) is 7.99. The number of aromatic nitrogens is 1. The van der Waals surface area contributed by atoms with Crippen molar-refractivity contribution in [3.8, 4) is 28.4 Å². The van der Waals surface area contributed by atoms with Crippen molar-refractivity contribution in [2.45, 2.75) is 0 Å². The van der Waals surface area contributed by atoms with E-state index in [1.165, 1.54) is 0 Å². The Kier molecular flexibility index (Phi) is 3.65. The van der Waals surface area contributed by atoms with E-state index >= 15 is 0 Å². The van der Waals surface area contributed by atoms with Crippen LogP contribution in [0.15, 0.2) is 67.0 Å². The number of hydrogen-bond donors (Lipinski definition) is 1. The summed E-state index contributed by atoms with van der Waals surface area (Å²) in [5.74, 6) is 1.42. The van der Waals surface area contributed by atoms with Gasteiger partial charge in [-0.2, -0.15) is 4.40 Å². The summed E-state index contributed by atoms with van der Waals surface area (Å²) in [5.41, 5.74) is 3.24. The molecular weight excluding hydrogens is 314 g/mol. The van der Waals surface area contributed by atoms with E-state index in [2.05, 4.69) is 18.2 Å². The summed E-state index contributed by atoms with van der Waals surface area (Å²) in [6.07, 6.45) is 3.66. The van der Waals surface area contributed by atoms with E-state index in [1.54, 1.807) is 26.5 Å². The van der Waals surface area contributed by atoms with Gasteiger partial charge in [-0.3, -0.25) is 0 Å². The summed E-state index contributed by atoms with van der Waals surface area (Å²) < 4.78 is 12.7. The van der Waals surface area contributed by atoms with Gasteiger partial charge in [0.15, 0.2) is 23.4 Å². The third-order valence-electron chi connectivity index (χ3n) is 4.43. The third kappa shape index (κ3) is 2.52. The van der Waals surface area contributed by atoms with Gasteiger partial charge in [-0.1, -0.05) is 30.3 Å². The molecule has 0 unspecified atom stereocenters. The smallest absolute Gasteiger partial charge is 0.219 e. The van der Waals surface area contributed by atoms with E-state index in [1.807, 2.05) is 40.9 Å². The predicted octanol–water partition coefficient (Wildman–Crippen LogP) is 3.97. The lowest BCUT2D eigenvalue weighted by Gasteiger charge is -2.10. The molecule has 4 nitrogen and oxygen atoms in total.